The highest BCUT2D eigenvalue weighted by molar-refractivity contribution is 7.85. The Balaban J connectivity index is 2.91. The Morgan fingerprint density at radius 2 is 1.90 bits per heavy atom. The maximum atomic E-state index is 13.8. The average molecular weight is 299 g/mol. The molecule has 0 fully saturated rings. The molecule has 1 aromatic carbocycles. The Labute approximate surface area is 124 Å². The molecule has 0 saturated heterocycles. The van der Waals surface area contributed by atoms with Crippen molar-refractivity contribution in [3.63, 3.8) is 0 Å². The number of halogens is 1. The van der Waals surface area contributed by atoms with Crippen molar-refractivity contribution in [1.29, 1.82) is 0 Å². The number of nitrogens with one attached hydrogen (secondary N) is 1. The molecule has 0 aliphatic carbocycles. The van der Waals surface area contributed by atoms with Crippen molar-refractivity contribution in [3.05, 3.63) is 30.1 Å². The molecular formula is C16H26FNOS. The van der Waals surface area contributed by atoms with E-state index in [-0.39, 0.29) is 17.1 Å². The quantitative estimate of drug-likeness (QED) is 0.749. The molecular weight excluding hydrogens is 273 g/mol. The van der Waals surface area contributed by atoms with Crippen molar-refractivity contribution >= 4 is 10.8 Å². The van der Waals surface area contributed by atoms with E-state index >= 15 is 0 Å². The van der Waals surface area contributed by atoms with Crippen LogP contribution in [0.5, 0.6) is 0 Å². The Bertz CT molecular complexity index is 425. The first-order chi connectivity index (χ1) is 9.65. The first kappa shape index (κ1) is 17.3. The van der Waals surface area contributed by atoms with Gasteiger partial charge in [0.15, 0.2) is 0 Å². The van der Waals surface area contributed by atoms with Crippen LogP contribution in [0.25, 0.3) is 0 Å². The van der Waals surface area contributed by atoms with Gasteiger partial charge in [0, 0.05) is 6.04 Å². The van der Waals surface area contributed by atoms with Crippen LogP contribution in [0, 0.1) is 5.82 Å². The van der Waals surface area contributed by atoms with E-state index in [4.69, 9.17) is 0 Å². The summed E-state index contributed by atoms with van der Waals surface area (Å²) in [5.41, 5.74) is 0. The second kappa shape index (κ2) is 9.24. The third kappa shape index (κ3) is 4.67. The van der Waals surface area contributed by atoms with Crippen molar-refractivity contribution in [2.45, 2.75) is 62.6 Å². The zero-order chi connectivity index (χ0) is 15.0. The normalized spacial score (nSPS) is 15.8. The van der Waals surface area contributed by atoms with Crippen molar-refractivity contribution in [3.8, 4) is 0 Å². The molecule has 0 spiro atoms. The maximum Gasteiger partial charge on any atom is 0.139 e. The van der Waals surface area contributed by atoms with Crippen LogP contribution in [0.3, 0.4) is 0 Å². The second-order valence-corrected chi connectivity index (χ2v) is 6.66. The summed E-state index contributed by atoms with van der Waals surface area (Å²) in [4.78, 5) is 0.332. The van der Waals surface area contributed by atoms with E-state index in [0.717, 1.165) is 32.2 Å². The first-order valence-electron chi connectivity index (χ1n) is 7.54. The van der Waals surface area contributed by atoms with E-state index in [1.807, 2.05) is 6.92 Å². The van der Waals surface area contributed by atoms with Gasteiger partial charge in [-0.3, -0.25) is 4.21 Å². The van der Waals surface area contributed by atoms with Crippen LogP contribution in [0.1, 0.15) is 46.5 Å². The molecule has 2 nitrogen and oxygen atoms in total. The van der Waals surface area contributed by atoms with Gasteiger partial charge in [-0.2, -0.15) is 0 Å². The van der Waals surface area contributed by atoms with Crippen LogP contribution < -0.4 is 5.32 Å². The van der Waals surface area contributed by atoms with Crippen LogP contribution in [0.2, 0.25) is 0 Å². The molecule has 0 heterocycles. The van der Waals surface area contributed by atoms with E-state index in [1.165, 1.54) is 6.07 Å². The summed E-state index contributed by atoms with van der Waals surface area (Å²) in [6.07, 6.45) is 3.83. The molecule has 0 aliphatic rings. The Morgan fingerprint density at radius 3 is 2.45 bits per heavy atom. The molecule has 1 N–H and O–H groups in total. The van der Waals surface area contributed by atoms with E-state index in [0.29, 0.717) is 4.90 Å². The summed E-state index contributed by atoms with van der Waals surface area (Å²) in [5, 5.41) is 3.43. The van der Waals surface area contributed by atoms with Crippen molar-refractivity contribution in [2.24, 2.45) is 0 Å². The van der Waals surface area contributed by atoms with Crippen LogP contribution in [0.4, 0.5) is 4.39 Å². The van der Waals surface area contributed by atoms with Gasteiger partial charge in [0.25, 0.3) is 0 Å². The lowest BCUT2D eigenvalue weighted by molar-refractivity contribution is 0.447. The summed E-state index contributed by atoms with van der Waals surface area (Å²) in [7, 11) is -1.31. The van der Waals surface area contributed by atoms with Crippen molar-refractivity contribution < 1.29 is 8.60 Å². The molecule has 0 aliphatic heterocycles. The van der Waals surface area contributed by atoms with Crippen LogP contribution in [0.15, 0.2) is 29.2 Å². The molecule has 3 unspecified atom stereocenters. The summed E-state index contributed by atoms with van der Waals surface area (Å²) < 4.78 is 26.5. The van der Waals surface area contributed by atoms with Gasteiger partial charge in [0.2, 0.25) is 0 Å². The predicted octanol–water partition coefficient (Wildman–Crippen LogP) is 3.88. The molecule has 4 heteroatoms. The lowest BCUT2D eigenvalue weighted by Gasteiger charge is -2.26. The van der Waals surface area contributed by atoms with Gasteiger partial charge in [0.05, 0.1) is 20.9 Å². The number of hydrogen-bond acceptors (Lipinski definition) is 2. The maximum absolute atomic E-state index is 13.8. The van der Waals surface area contributed by atoms with Crippen molar-refractivity contribution in [2.75, 3.05) is 6.54 Å². The topological polar surface area (TPSA) is 29.1 Å². The van der Waals surface area contributed by atoms with Crippen LogP contribution in [-0.2, 0) is 10.8 Å². The third-order valence-corrected chi connectivity index (χ3v) is 5.41. The smallest absolute Gasteiger partial charge is 0.139 e. The molecule has 0 saturated carbocycles. The molecule has 3 atom stereocenters. The number of benzene rings is 1. The minimum atomic E-state index is -1.31. The van der Waals surface area contributed by atoms with Gasteiger partial charge in [-0.05, 0) is 37.9 Å². The summed E-state index contributed by atoms with van der Waals surface area (Å²) in [6, 6.07) is 6.59. The molecule has 114 valence electrons. The predicted molar refractivity (Wildman–Crippen MR) is 83.9 cm³/mol. The summed E-state index contributed by atoms with van der Waals surface area (Å²) in [6.45, 7) is 7.18. The lowest BCUT2D eigenvalue weighted by Crippen LogP contribution is -2.42. The monoisotopic (exact) mass is 299 g/mol. The highest BCUT2D eigenvalue weighted by Gasteiger charge is 2.27. The molecule has 1 rings (SSSR count). The molecule has 20 heavy (non-hydrogen) atoms. The minimum absolute atomic E-state index is 0.0431. The highest BCUT2D eigenvalue weighted by Crippen LogP contribution is 2.21. The van der Waals surface area contributed by atoms with Gasteiger partial charge >= 0.3 is 0 Å². The van der Waals surface area contributed by atoms with Gasteiger partial charge < -0.3 is 5.32 Å². The van der Waals surface area contributed by atoms with Gasteiger partial charge in [-0.1, -0.05) is 39.3 Å². The number of hydrogen-bond donors (Lipinski definition) is 1. The van der Waals surface area contributed by atoms with Crippen LogP contribution in [-0.4, -0.2) is 22.0 Å². The fourth-order valence-electron chi connectivity index (χ4n) is 2.42. The summed E-state index contributed by atoms with van der Waals surface area (Å²) >= 11 is 0. The number of rotatable bonds is 9. The van der Waals surface area contributed by atoms with E-state index in [2.05, 4.69) is 19.2 Å². The lowest BCUT2D eigenvalue weighted by atomic mass is 10.1. The van der Waals surface area contributed by atoms with E-state index in [9.17, 15) is 8.60 Å². The van der Waals surface area contributed by atoms with E-state index < -0.39 is 10.8 Å². The molecule has 0 bridgehead atoms. The first-order valence-corrected chi connectivity index (χ1v) is 8.75. The standard InChI is InChI=1S/C16H26FNOS/c1-4-9-14(18-12-5-2)15(6-3)20(19)16-11-8-7-10-13(16)17/h7-8,10-11,14-15,18H,4-6,9,12H2,1-3H3. The largest absolute Gasteiger partial charge is 0.313 e. The average Bonchev–Trinajstić information content (AvgIpc) is 2.45. The molecule has 1 aromatic rings. The van der Waals surface area contributed by atoms with Gasteiger partial charge in [-0.15, -0.1) is 0 Å². The summed E-state index contributed by atoms with van der Waals surface area (Å²) in [5.74, 6) is -0.366. The van der Waals surface area contributed by atoms with Crippen molar-refractivity contribution in [1.82, 2.24) is 5.32 Å². The molecule has 0 radical (unpaired) electrons. The van der Waals surface area contributed by atoms with Crippen LogP contribution >= 0.6 is 0 Å². The molecule has 0 aromatic heterocycles. The minimum Gasteiger partial charge on any atom is -0.313 e. The Kier molecular flexibility index (Phi) is 8.00. The second-order valence-electron chi connectivity index (χ2n) is 5.02. The third-order valence-electron chi connectivity index (χ3n) is 3.44. The Morgan fingerprint density at radius 1 is 1.20 bits per heavy atom. The zero-order valence-corrected chi connectivity index (χ0v) is 13.5. The molecule has 0 amide bonds. The Hall–Kier alpha value is -0.740. The van der Waals surface area contributed by atoms with E-state index in [1.54, 1.807) is 18.2 Å². The SMILES string of the molecule is CCCNC(CCC)C(CC)S(=O)c1ccccc1F. The fraction of sp³-hybridized carbons (Fsp3) is 0.625. The van der Waals surface area contributed by atoms with Gasteiger partial charge in [-0.25, -0.2) is 4.39 Å². The highest BCUT2D eigenvalue weighted by atomic mass is 32.2. The van der Waals surface area contributed by atoms with Gasteiger partial charge in [0.1, 0.15) is 5.82 Å². The fourth-order valence-corrected chi connectivity index (χ4v) is 4.05. The zero-order valence-electron chi connectivity index (χ0n) is 12.7.